The summed E-state index contributed by atoms with van der Waals surface area (Å²) >= 11 is 10.1. The van der Waals surface area contributed by atoms with Crippen molar-refractivity contribution in [3.8, 4) is 0 Å². The number of rotatable bonds is 5. The first-order valence-electron chi connectivity index (χ1n) is 9.84. The van der Waals surface area contributed by atoms with Gasteiger partial charge in [-0.25, -0.2) is 0 Å². The molecule has 2 amide bonds. The fourth-order valence-corrected chi connectivity index (χ4v) is 5.23. The molecule has 0 saturated carbocycles. The predicted molar refractivity (Wildman–Crippen MR) is 128 cm³/mol. The third-order valence-electron chi connectivity index (χ3n) is 5.34. The number of amides is 2. The van der Waals surface area contributed by atoms with Gasteiger partial charge in [0.1, 0.15) is 10.5 Å². The van der Waals surface area contributed by atoms with Crippen LogP contribution in [0.2, 0.25) is 0 Å². The van der Waals surface area contributed by atoms with Crippen LogP contribution in [0.4, 0.5) is 11.4 Å². The monoisotopic (exact) mass is 523 g/mol. The molecule has 1 atom stereocenters. The fourth-order valence-electron chi connectivity index (χ4n) is 3.67. The maximum Gasteiger partial charge on any atom is 0.262 e. The number of thiocarbonyl (C=S) groups is 1. The molecule has 2 aromatic rings. The number of anilines is 2. The van der Waals surface area contributed by atoms with E-state index in [0.29, 0.717) is 43.4 Å². The van der Waals surface area contributed by atoms with E-state index in [9.17, 15) is 9.59 Å². The summed E-state index contributed by atoms with van der Waals surface area (Å²) in [7, 11) is 0. The number of carbonyl (C=O) groups is 2. The quantitative estimate of drug-likeness (QED) is 0.583. The van der Waals surface area contributed by atoms with Crippen molar-refractivity contribution in [2.75, 3.05) is 43.2 Å². The first-order chi connectivity index (χ1) is 14.9. The molecule has 4 rings (SSSR count). The summed E-state index contributed by atoms with van der Waals surface area (Å²) in [6.07, 6.45) is 0.413. The average molecular weight is 524 g/mol. The van der Waals surface area contributed by atoms with E-state index >= 15 is 0 Å². The number of hydrogen-bond donors (Lipinski definition) is 2. The van der Waals surface area contributed by atoms with Crippen molar-refractivity contribution in [2.24, 2.45) is 0 Å². The van der Waals surface area contributed by atoms with Crippen molar-refractivity contribution >= 4 is 67.7 Å². The van der Waals surface area contributed by atoms with Gasteiger partial charge in [-0.3, -0.25) is 9.59 Å². The van der Waals surface area contributed by atoms with Crippen molar-refractivity contribution in [1.29, 1.82) is 0 Å². The van der Waals surface area contributed by atoms with E-state index in [4.69, 9.17) is 21.7 Å². The Balaban J connectivity index is 1.49. The zero-order valence-electron chi connectivity index (χ0n) is 16.9. The Labute approximate surface area is 198 Å². The number of thiophene rings is 1. The van der Waals surface area contributed by atoms with Gasteiger partial charge in [0.05, 0.1) is 28.5 Å². The van der Waals surface area contributed by atoms with Crippen LogP contribution in [-0.4, -0.2) is 55.3 Å². The third-order valence-corrected chi connectivity index (χ3v) is 7.30. The lowest BCUT2D eigenvalue weighted by molar-refractivity contribution is -0.122. The number of halogens is 1. The molecule has 2 aliphatic heterocycles. The molecule has 1 aromatic carbocycles. The molecule has 10 heteroatoms. The lowest BCUT2D eigenvalue weighted by Crippen LogP contribution is -2.57. The molecule has 3 heterocycles. The standard InChI is InChI=1S/C21H22BrN3O4S2/c1-13-10-14(2-3-15(13)25-7-9-28-11-18(25)30)23-20(27)21(6-8-29-12-21)24-19(26)16-4-5-17(22)31-16/h2-5,10H,6-9,11-12H2,1H3,(H,23,27)(H,24,26). The molecule has 164 valence electrons. The lowest BCUT2D eigenvalue weighted by Gasteiger charge is -2.31. The van der Waals surface area contributed by atoms with Gasteiger partial charge in [-0.15, -0.1) is 11.3 Å². The van der Waals surface area contributed by atoms with E-state index in [1.165, 1.54) is 11.3 Å². The van der Waals surface area contributed by atoms with Crippen LogP contribution in [0, 0.1) is 6.92 Å². The highest BCUT2D eigenvalue weighted by molar-refractivity contribution is 9.11. The van der Waals surface area contributed by atoms with Gasteiger partial charge in [0.25, 0.3) is 11.8 Å². The zero-order chi connectivity index (χ0) is 22.0. The molecular formula is C21H22BrN3O4S2. The summed E-state index contributed by atoms with van der Waals surface area (Å²) in [4.78, 5) is 29.2. The summed E-state index contributed by atoms with van der Waals surface area (Å²) in [6, 6.07) is 9.24. The zero-order valence-corrected chi connectivity index (χ0v) is 20.1. The number of benzene rings is 1. The second-order valence-electron chi connectivity index (χ2n) is 7.50. The summed E-state index contributed by atoms with van der Waals surface area (Å²) in [5.41, 5.74) is 1.55. The lowest BCUT2D eigenvalue weighted by atomic mass is 9.96. The number of nitrogens with one attached hydrogen (secondary N) is 2. The van der Waals surface area contributed by atoms with Crippen molar-refractivity contribution in [2.45, 2.75) is 18.9 Å². The summed E-state index contributed by atoms with van der Waals surface area (Å²) < 4.78 is 11.7. The highest BCUT2D eigenvalue weighted by Gasteiger charge is 2.44. The van der Waals surface area contributed by atoms with E-state index < -0.39 is 5.54 Å². The van der Waals surface area contributed by atoms with Gasteiger partial charge in [-0.2, -0.15) is 0 Å². The minimum Gasteiger partial charge on any atom is -0.378 e. The number of nitrogens with zero attached hydrogens (tertiary/aromatic N) is 1. The van der Waals surface area contributed by atoms with Crippen molar-refractivity contribution < 1.29 is 19.1 Å². The third kappa shape index (κ3) is 4.83. The summed E-state index contributed by atoms with van der Waals surface area (Å²) in [5, 5.41) is 5.85. The minimum absolute atomic E-state index is 0.135. The molecule has 0 radical (unpaired) electrons. The van der Waals surface area contributed by atoms with Gasteiger partial charge in [0, 0.05) is 30.9 Å². The molecule has 31 heavy (non-hydrogen) atoms. The Morgan fingerprint density at radius 3 is 2.71 bits per heavy atom. The molecule has 2 fully saturated rings. The maximum atomic E-state index is 13.2. The summed E-state index contributed by atoms with van der Waals surface area (Å²) in [5.74, 6) is -0.577. The van der Waals surface area contributed by atoms with Gasteiger partial charge >= 0.3 is 0 Å². The Bertz CT molecular complexity index is 1020. The first kappa shape index (κ1) is 22.3. The van der Waals surface area contributed by atoms with Gasteiger partial charge in [0.2, 0.25) is 0 Å². The fraction of sp³-hybridized carbons (Fsp3) is 0.381. The van der Waals surface area contributed by atoms with Crippen LogP contribution in [0.3, 0.4) is 0 Å². The molecule has 0 spiro atoms. The van der Waals surface area contributed by atoms with Crippen LogP contribution < -0.4 is 15.5 Å². The first-order valence-corrected chi connectivity index (χ1v) is 11.9. The number of ether oxygens (including phenoxy) is 2. The van der Waals surface area contributed by atoms with Gasteiger partial charge in [-0.05, 0) is 58.7 Å². The maximum absolute atomic E-state index is 13.2. The van der Waals surface area contributed by atoms with Crippen LogP contribution in [0.1, 0.15) is 21.7 Å². The van der Waals surface area contributed by atoms with Crippen molar-refractivity contribution in [1.82, 2.24) is 5.32 Å². The number of carbonyl (C=O) groups excluding carboxylic acids is 2. The predicted octanol–water partition coefficient (Wildman–Crippen LogP) is 3.51. The number of aryl methyl sites for hydroxylation is 1. The van der Waals surface area contributed by atoms with Crippen LogP contribution >= 0.6 is 39.5 Å². The van der Waals surface area contributed by atoms with Gasteiger partial charge in [0.15, 0.2) is 0 Å². The topological polar surface area (TPSA) is 79.9 Å². The Kier molecular flexibility index (Phi) is 6.73. The Hall–Kier alpha value is -1.85. The molecule has 0 bridgehead atoms. The molecule has 1 unspecified atom stereocenters. The number of hydrogen-bond acceptors (Lipinski definition) is 6. The van der Waals surface area contributed by atoms with Gasteiger partial charge < -0.3 is 25.0 Å². The van der Waals surface area contributed by atoms with E-state index in [1.807, 2.05) is 31.2 Å². The van der Waals surface area contributed by atoms with Crippen LogP contribution in [0.5, 0.6) is 0 Å². The highest BCUT2D eigenvalue weighted by atomic mass is 79.9. The molecule has 2 aliphatic rings. The second kappa shape index (κ2) is 9.33. The molecule has 7 nitrogen and oxygen atoms in total. The molecule has 2 N–H and O–H groups in total. The molecule has 2 saturated heterocycles. The molecular weight excluding hydrogens is 502 g/mol. The van der Waals surface area contributed by atoms with Crippen LogP contribution in [0.25, 0.3) is 0 Å². The Morgan fingerprint density at radius 2 is 2.06 bits per heavy atom. The largest absolute Gasteiger partial charge is 0.378 e. The van der Waals surface area contributed by atoms with Crippen LogP contribution in [0.15, 0.2) is 34.1 Å². The molecule has 1 aromatic heterocycles. The van der Waals surface area contributed by atoms with Gasteiger partial charge in [-0.1, -0.05) is 12.2 Å². The van der Waals surface area contributed by atoms with Crippen LogP contribution in [-0.2, 0) is 14.3 Å². The van der Waals surface area contributed by atoms with E-state index in [2.05, 4.69) is 31.5 Å². The van der Waals surface area contributed by atoms with Crippen molar-refractivity contribution in [3.63, 3.8) is 0 Å². The average Bonchev–Trinajstić information content (AvgIpc) is 3.39. The van der Waals surface area contributed by atoms with E-state index in [-0.39, 0.29) is 18.4 Å². The summed E-state index contributed by atoms with van der Waals surface area (Å²) in [6.45, 7) is 4.30. The van der Waals surface area contributed by atoms with E-state index in [0.717, 1.165) is 20.0 Å². The minimum atomic E-state index is -1.11. The normalized spacial score (nSPS) is 21.2. The highest BCUT2D eigenvalue weighted by Crippen LogP contribution is 2.28. The number of morpholine rings is 1. The molecule has 0 aliphatic carbocycles. The van der Waals surface area contributed by atoms with Crippen molar-refractivity contribution in [3.05, 3.63) is 44.6 Å². The second-order valence-corrected chi connectivity index (χ2v) is 10.4. The van der Waals surface area contributed by atoms with E-state index in [1.54, 1.807) is 6.07 Å². The SMILES string of the molecule is Cc1cc(NC(=O)C2(NC(=O)c3ccc(Br)s3)CCOC2)ccc1N1CCOCC1=S. The Morgan fingerprint density at radius 1 is 1.23 bits per heavy atom. The smallest absolute Gasteiger partial charge is 0.262 e.